The summed E-state index contributed by atoms with van der Waals surface area (Å²) in [6, 6.07) is 4.77. The van der Waals surface area contributed by atoms with Crippen LogP contribution >= 0.6 is 27.5 Å². The minimum absolute atomic E-state index is 0.643. The number of ether oxygens (including phenoxy) is 1. The molecule has 0 saturated carbocycles. The van der Waals surface area contributed by atoms with Crippen molar-refractivity contribution in [2.24, 2.45) is 0 Å². The highest BCUT2D eigenvalue weighted by molar-refractivity contribution is 9.09. The van der Waals surface area contributed by atoms with Gasteiger partial charge in [0.1, 0.15) is 5.75 Å². The van der Waals surface area contributed by atoms with Gasteiger partial charge in [-0.2, -0.15) is 0 Å². The Balaban J connectivity index is 1.82. The lowest BCUT2D eigenvalue weighted by Gasteiger charge is -2.35. The largest absolute Gasteiger partial charge is 0.493 e. The topological polar surface area (TPSA) is 12.5 Å². The van der Waals surface area contributed by atoms with Crippen molar-refractivity contribution in [3.63, 3.8) is 0 Å². The quantitative estimate of drug-likeness (QED) is 0.768. The number of piperidine rings is 1. The van der Waals surface area contributed by atoms with E-state index in [2.05, 4.69) is 26.9 Å². The van der Waals surface area contributed by atoms with Crippen molar-refractivity contribution in [1.82, 2.24) is 4.90 Å². The number of halogens is 2. The molecule has 0 aliphatic carbocycles. The fourth-order valence-electron chi connectivity index (χ4n) is 3.13. The average molecular weight is 345 g/mol. The molecule has 3 rings (SSSR count). The molecule has 104 valence electrons. The van der Waals surface area contributed by atoms with Gasteiger partial charge < -0.3 is 4.74 Å². The first-order valence-electron chi connectivity index (χ1n) is 7.02. The molecule has 1 saturated heterocycles. The Morgan fingerprint density at radius 2 is 2.26 bits per heavy atom. The van der Waals surface area contributed by atoms with Gasteiger partial charge in [-0.25, -0.2) is 0 Å². The van der Waals surface area contributed by atoms with Crippen molar-refractivity contribution >= 4 is 27.5 Å². The highest BCUT2D eigenvalue weighted by Gasteiger charge is 2.24. The van der Waals surface area contributed by atoms with Gasteiger partial charge in [-0.15, -0.1) is 0 Å². The maximum Gasteiger partial charge on any atom is 0.127 e. The average Bonchev–Trinajstić information content (AvgIpc) is 2.87. The molecule has 2 nitrogen and oxygen atoms in total. The third kappa shape index (κ3) is 2.93. The van der Waals surface area contributed by atoms with Gasteiger partial charge in [-0.1, -0.05) is 34.0 Å². The second-order valence-electron chi connectivity index (χ2n) is 5.43. The molecule has 0 radical (unpaired) electrons. The number of nitrogens with zero attached hydrogens (tertiary/aromatic N) is 1. The summed E-state index contributed by atoms with van der Waals surface area (Å²) in [7, 11) is 0. The van der Waals surface area contributed by atoms with E-state index >= 15 is 0 Å². The van der Waals surface area contributed by atoms with E-state index in [1.54, 1.807) is 0 Å². The first-order valence-corrected chi connectivity index (χ1v) is 8.52. The first-order chi connectivity index (χ1) is 9.28. The normalized spacial score (nSPS) is 23.2. The Morgan fingerprint density at radius 3 is 3.11 bits per heavy atom. The lowest BCUT2D eigenvalue weighted by Crippen LogP contribution is -2.40. The summed E-state index contributed by atoms with van der Waals surface area (Å²) in [6.07, 6.45) is 4.92. The van der Waals surface area contributed by atoms with Crippen molar-refractivity contribution in [1.29, 1.82) is 0 Å². The summed E-state index contributed by atoms with van der Waals surface area (Å²) in [6.45, 7) is 2.93. The number of hydrogen-bond acceptors (Lipinski definition) is 2. The summed E-state index contributed by atoms with van der Waals surface area (Å²) in [4.78, 5) is 2.56. The summed E-state index contributed by atoms with van der Waals surface area (Å²) >= 11 is 9.88. The summed E-state index contributed by atoms with van der Waals surface area (Å²) in [5.74, 6) is 1.09. The SMILES string of the molecule is Clc1cc2c(c(CN3CCCCC3CBr)c1)OCC2. The molecule has 0 amide bonds. The molecule has 1 aromatic rings. The second kappa shape index (κ2) is 6.02. The van der Waals surface area contributed by atoms with Crippen molar-refractivity contribution in [2.75, 3.05) is 18.5 Å². The van der Waals surface area contributed by atoms with E-state index in [0.717, 1.165) is 35.7 Å². The zero-order valence-electron chi connectivity index (χ0n) is 11.0. The smallest absolute Gasteiger partial charge is 0.127 e. The van der Waals surface area contributed by atoms with Gasteiger partial charge in [0.25, 0.3) is 0 Å². The lowest BCUT2D eigenvalue weighted by molar-refractivity contribution is 0.155. The Bertz CT molecular complexity index is 466. The number of likely N-dealkylation sites (tertiary alicyclic amines) is 1. The van der Waals surface area contributed by atoms with Crippen LogP contribution in [-0.2, 0) is 13.0 Å². The molecule has 2 aliphatic heterocycles. The van der Waals surface area contributed by atoms with Crippen LogP contribution in [0.4, 0.5) is 0 Å². The highest BCUT2D eigenvalue weighted by atomic mass is 79.9. The van der Waals surface area contributed by atoms with Crippen molar-refractivity contribution < 1.29 is 4.74 Å². The molecule has 2 heterocycles. The lowest BCUT2D eigenvalue weighted by atomic mass is 10.0. The maximum absolute atomic E-state index is 6.23. The fourth-order valence-corrected chi connectivity index (χ4v) is 4.12. The second-order valence-corrected chi connectivity index (χ2v) is 6.51. The molecule has 1 aromatic carbocycles. The van der Waals surface area contributed by atoms with Gasteiger partial charge in [-0.05, 0) is 37.1 Å². The van der Waals surface area contributed by atoms with E-state index in [1.807, 2.05) is 6.07 Å². The highest BCUT2D eigenvalue weighted by Crippen LogP contribution is 2.34. The standard InChI is InChI=1S/C15H19BrClNO/c16-9-14-3-1-2-5-18(14)10-12-8-13(17)7-11-4-6-19-15(11)12/h7-8,14H,1-6,9-10H2. The summed E-state index contributed by atoms with van der Waals surface area (Å²) < 4.78 is 5.80. The molecule has 0 spiro atoms. The first kappa shape index (κ1) is 13.7. The Labute approximate surface area is 128 Å². The van der Waals surface area contributed by atoms with Gasteiger partial charge in [0.2, 0.25) is 0 Å². The molecule has 0 aromatic heterocycles. The van der Waals surface area contributed by atoms with Gasteiger partial charge in [0.15, 0.2) is 0 Å². The molecule has 1 atom stereocenters. The minimum Gasteiger partial charge on any atom is -0.493 e. The predicted molar refractivity (Wildman–Crippen MR) is 82.5 cm³/mol. The third-order valence-corrected chi connectivity index (χ3v) is 5.09. The maximum atomic E-state index is 6.23. The molecular formula is C15H19BrClNO. The van der Waals surface area contributed by atoms with Crippen molar-refractivity contribution in [3.05, 3.63) is 28.3 Å². The van der Waals surface area contributed by atoms with E-state index in [0.29, 0.717) is 6.04 Å². The van der Waals surface area contributed by atoms with Crippen LogP contribution in [0.25, 0.3) is 0 Å². The Kier molecular flexibility index (Phi) is 4.35. The van der Waals surface area contributed by atoms with Crippen LogP contribution in [0.5, 0.6) is 5.75 Å². The molecule has 4 heteroatoms. The monoisotopic (exact) mass is 343 g/mol. The number of benzene rings is 1. The summed E-state index contributed by atoms with van der Waals surface area (Å²) in [5.41, 5.74) is 2.53. The van der Waals surface area contributed by atoms with Crippen LogP contribution in [0.3, 0.4) is 0 Å². The molecule has 2 aliphatic rings. The van der Waals surface area contributed by atoms with Gasteiger partial charge in [-0.3, -0.25) is 4.90 Å². The summed E-state index contributed by atoms with van der Waals surface area (Å²) in [5, 5.41) is 1.89. The third-order valence-electron chi connectivity index (χ3n) is 4.13. The number of rotatable bonds is 3. The van der Waals surface area contributed by atoms with Gasteiger partial charge in [0, 0.05) is 34.9 Å². The van der Waals surface area contributed by atoms with Gasteiger partial charge in [0.05, 0.1) is 6.61 Å². The van der Waals surface area contributed by atoms with Crippen LogP contribution < -0.4 is 4.74 Å². The van der Waals surface area contributed by atoms with Crippen LogP contribution in [-0.4, -0.2) is 29.4 Å². The molecule has 1 fully saturated rings. The Morgan fingerprint density at radius 1 is 1.37 bits per heavy atom. The minimum atomic E-state index is 0.643. The number of alkyl halides is 1. The van der Waals surface area contributed by atoms with Crippen LogP contribution in [0, 0.1) is 0 Å². The molecule has 19 heavy (non-hydrogen) atoms. The van der Waals surface area contributed by atoms with E-state index < -0.39 is 0 Å². The number of hydrogen-bond donors (Lipinski definition) is 0. The van der Waals surface area contributed by atoms with Crippen molar-refractivity contribution in [3.8, 4) is 5.75 Å². The molecule has 0 N–H and O–H groups in total. The van der Waals surface area contributed by atoms with Crippen LogP contribution in [0.1, 0.15) is 30.4 Å². The van der Waals surface area contributed by atoms with Crippen LogP contribution in [0.15, 0.2) is 12.1 Å². The van der Waals surface area contributed by atoms with E-state index in [-0.39, 0.29) is 0 Å². The van der Waals surface area contributed by atoms with E-state index in [4.69, 9.17) is 16.3 Å². The van der Waals surface area contributed by atoms with E-state index in [1.165, 1.54) is 36.9 Å². The molecule has 1 unspecified atom stereocenters. The Hall–Kier alpha value is -0.250. The molecular weight excluding hydrogens is 326 g/mol. The predicted octanol–water partition coefficient (Wildman–Crippen LogP) is 4.02. The fraction of sp³-hybridized carbons (Fsp3) is 0.600. The zero-order valence-corrected chi connectivity index (χ0v) is 13.3. The van der Waals surface area contributed by atoms with Crippen LogP contribution in [0.2, 0.25) is 5.02 Å². The van der Waals surface area contributed by atoms with Crippen molar-refractivity contribution in [2.45, 2.75) is 38.3 Å². The molecule has 0 bridgehead atoms. The van der Waals surface area contributed by atoms with Gasteiger partial charge >= 0.3 is 0 Å². The zero-order chi connectivity index (χ0) is 13.2. The number of fused-ring (bicyclic) bond motifs is 1. The van der Waals surface area contributed by atoms with E-state index in [9.17, 15) is 0 Å².